The van der Waals surface area contributed by atoms with Crippen LogP contribution in [-0.4, -0.2) is 31.3 Å². The third kappa shape index (κ3) is 2.79. The Labute approximate surface area is 105 Å². The second-order valence-electron chi connectivity index (χ2n) is 4.59. The van der Waals surface area contributed by atoms with Gasteiger partial charge >= 0.3 is 0 Å². The van der Waals surface area contributed by atoms with Crippen molar-refractivity contribution in [3.63, 3.8) is 0 Å². The first-order valence-corrected chi connectivity index (χ1v) is 6.17. The lowest BCUT2D eigenvalue weighted by Crippen LogP contribution is -2.30. The molecule has 2 rings (SSSR count). The van der Waals surface area contributed by atoms with Crippen molar-refractivity contribution in [3.8, 4) is 0 Å². The molecule has 1 aliphatic rings. The van der Waals surface area contributed by atoms with E-state index < -0.39 is 11.6 Å². The van der Waals surface area contributed by atoms with Crippen molar-refractivity contribution in [3.05, 3.63) is 29.3 Å². The van der Waals surface area contributed by atoms with Crippen LogP contribution >= 0.6 is 0 Å². The highest BCUT2D eigenvalue weighted by atomic mass is 19.1. The Kier molecular flexibility index (Phi) is 4.14. The summed E-state index contributed by atoms with van der Waals surface area (Å²) in [5, 5.41) is 11.9. The highest BCUT2D eigenvalue weighted by Gasteiger charge is 2.32. The number of nitrogens with zero attached hydrogens (tertiary/aromatic N) is 1. The second kappa shape index (κ2) is 5.63. The maximum absolute atomic E-state index is 14.0. The molecule has 1 saturated carbocycles. The van der Waals surface area contributed by atoms with Gasteiger partial charge in [-0.2, -0.15) is 0 Å². The van der Waals surface area contributed by atoms with Gasteiger partial charge in [0, 0.05) is 19.1 Å². The monoisotopic (exact) mass is 256 g/mol. The average Bonchev–Trinajstić information content (AvgIpc) is 3.11. The lowest BCUT2D eigenvalue weighted by Gasteiger charge is -2.25. The van der Waals surface area contributed by atoms with E-state index in [0.717, 1.165) is 12.8 Å². The van der Waals surface area contributed by atoms with Crippen molar-refractivity contribution in [1.82, 2.24) is 5.32 Å². The zero-order valence-electron chi connectivity index (χ0n) is 10.4. The van der Waals surface area contributed by atoms with Crippen molar-refractivity contribution in [2.45, 2.75) is 25.4 Å². The number of halogens is 2. The van der Waals surface area contributed by atoms with Gasteiger partial charge in [0.15, 0.2) is 0 Å². The molecule has 0 unspecified atom stereocenters. The van der Waals surface area contributed by atoms with Crippen LogP contribution < -0.4 is 10.2 Å². The van der Waals surface area contributed by atoms with Crippen LogP contribution in [0.4, 0.5) is 14.5 Å². The van der Waals surface area contributed by atoms with Crippen LogP contribution in [0.15, 0.2) is 12.1 Å². The molecule has 1 aliphatic carbocycles. The molecule has 0 aromatic heterocycles. The molecule has 0 atom stereocenters. The fourth-order valence-electron chi connectivity index (χ4n) is 2.17. The minimum atomic E-state index is -0.555. The van der Waals surface area contributed by atoms with Gasteiger partial charge in [-0.1, -0.05) is 0 Å². The summed E-state index contributed by atoms with van der Waals surface area (Å²) >= 11 is 0. The van der Waals surface area contributed by atoms with Gasteiger partial charge in [-0.3, -0.25) is 0 Å². The molecule has 1 fully saturated rings. The van der Waals surface area contributed by atoms with Crippen LogP contribution in [0.5, 0.6) is 0 Å². The molecule has 0 saturated heterocycles. The van der Waals surface area contributed by atoms with Crippen molar-refractivity contribution in [1.29, 1.82) is 0 Å². The van der Waals surface area contributed by atoms with Crippen molar-refractivity contribution >= 4 is 5.69 Å². The number of aliphatic hydroxyl groups is 1. The first-order valence-electron chi connectivity index (χ1n) is 6.17. The minimum Gasteiger partial charge on any atom is -0.395 e. The van der Waals surface area contributed by atoms with Crippen molar-refractivity contribution in [2.24, 2.45) is 0 Å². The maximum atomic E-state index is 14.0. The van der Waals surface area contributed by atoms with Gasteiger partial charge < -0.3 is 15.3 Å². The van der Waals surface area contributed by atoms with Gasteiger partial charge in [0.2, 0.25) is 0 Å². The molecule has 0 radical (unpaired) electrons. The van der Waals surface area contributed by atoms with E-state index in [4.69, 9.17) is 5.11 Å². The van der Waals surface area contributed by atoms with Gasteiger partial charge in [-0.25, -0.2) is 8.78 Å². The number of nitrogens with one attached hydrogen (secondary N) is 1. The van der Waals surface area contributed by atoms with E-state index in [9.17, 15) is 8.78 Å². The van der Waals surface area contributed by atoms with Crippen LogP contribution in [-0.2, 0) is 6.54 Å². The first kappa shape index (κ1) is 13.2. The summed E-state index contributed by atoms with van der Waals surface area (Å²) in [4.78, 5) is 1.63. The molecule has 100 valence electrons. The lowest BCUT2D eigenvalue weighted by atomic mass is 10.1. The lowest BCUT2D eigenvalue weighted by molar-refractivity contribution is 0.300. The van der Waals surface area contributed by atoms with Crippen molar-refractivity contribution < 1.29 is 13.9 Å². The largest absolute Gasteiger partial charge is 0.395 e. The smallest absolute Gasteiger partial charge is 0.149 e. The Morgan fingerprint density at radius 1 is 1.33 bits per heavy atom. The van der Waals surface area contributed by atoms with Crippen LogP contribution in [0.3, 0.4) is 0 Å². The van der Waals surface area contributed by atoms with Gasteiger partial charge in [-0.15, -0.1) is 0 Å². The van der Waals surface area contributed by atoms with Crippen molar-refractivity contribution in [2.75, 3.05) is 25.1 Å². The summed E-state index contributed by atoms with van der Waals surface area (Å²) in [5.74, 6) is -1.11. The molecule has 5 heteroatoms. The Balaban J connectivity index is 2.30. The van der Waals surface area contributed by atoms with E-state index in [2.05, 4.69) is 5.32 Å². The van der Waals surface area contributed by atoms with E-state index in [1.54, 1.807) is 11.9 Å². The predicted octanol–water partition coefficient (Wildman–Crippen LogP) is 1.65. The van der Waals surface area contributed by atoms with E-state index in [0.29, 0.717) is 12.1 Å². The second-order valence-corrected chi connectivity index (χ2v) is 4.59. The Hall–Kier alpha value is -1.20. The third-order valence-electron chi connectivity index (χ3n) is 3.07. The van der Waals surface area contributed by atoms with Gasteiger partial charge in [0.1, 0.15) is 17.3 Å². The van der Waals surface area contributed by atoms with Gasteiger partial charge in [-0.05, 0) is 37.6 Å². The predicted molar refractivity (Wildman–Crippen MR) is 66.6 cm³/mol. The minimum absolute atomic E-state index is 0.00796. The van der Waals surface area contributed by atoms with E-state index in [1.165, 1.54) is 12.1 Å². The van der Waals surface area contributed by atoms with E-state index >= 15 is 0 Å². The Bertz CT molecular complexity index is 398. The Morgan fingerprint density at radius 2 is 1.94 bits per heavy atom. The summed E-state index contributed by atoms with van der Waals surface area (Å²) in [6.45, 7) is 0.592. The number of hydrogen-bond donors (Lipinski definition) is 2. The molecule has 1 aromatic rings. The zero-order chi connectivity index (χ0) is 13.1. The highest BCUT2D eigenvalue weighted by molar-refractivity contribution is 5.52. The van der Waals surface area contributed by atoms with Crippen LogP contribution in [0.1, 0.15) is 18.4 Å². The average molecular weight is 256 g/mol. The topological polar surface area (TPSA) is 35.5 Å². The Morgan fingerprint density at radius 3 is 2.39 bits per heavy atom. The SMILES string of the molecule is CNCc1cc(F)c(N(CCO)C2CC2)c(F)c1. The van der Waals surface area contributed by atoms with E-state index in [1.807, 2.05) is 0 Å². The molecular weight excluding hydrogens is 238 g/mol. The summed E-state index contributed by atoms with van der Waals surface area (Å²) in [7, 11) is 1.73. The normalized spacial score (nSPS) is 14.9. The molecule has 1 aromatic carbocycles. The fraction of sp³-hybridized carbons (Fsp3) is 0.538. The molecule has 0 amide bonds. The highest BCUT2D eigenvalue weighted by Crippen LogP contribution is 2.34. The quantitative estimate of drug-likeness (QED) is 0.812. The van der Waals surface area contributed by atoms with Crippen LogP contribution in [0.2, 0.25) is 0 Å². The summed E-state index contributed by atoms with van der Waals surface area (Å²) in [5.41, 5.74) is 0.572. The van der Waals surface area contributed by atoms with Crippen LogP contribution in [0.25, 0.3) is 0 Å². The summed E-state index contributed by atoms with van der Waals surface area (Å²) in [6, 6.07) is 2.86. The molecule has 3 nitrogen and oxygen atoms in total. The zero-order valence-corrected chi connectivity index (χ0v) is 10.4. The number of hydrogen-bond acceptors (Lipinski definition) is 3. The standard InChI is InChI=1S/C13H18F2N2O/c1-16-8-9-6-11(14)13(12(15)7-9)17(4-5-18)10-2-3-10/h6-7,10,16,18H,2-5,8H2,1H3. The third-order valence-corrected chi connectivity index (χ3v) is 3.07. The molecule has 0 heterocycles. The number of anilines is 1. The summed E-state index contributed by atoms with van der Waals surface area (Å²) in [6.07, 6.45) is 1.86. The van der Waals surface area contributed by atoms with Gasteiger partial charge in [0.25, 0.3) is 0 Å². The number of benzene rings is 1. The molecule has 0 spiro atoms. The molecular formula is C13H18F2N2O. The molecule has 18 heavy (non-hydrogen) atoms. The fourth-order valence-corrected chi connectivity index (χ4v) is 2.17. The van der Waals surface area contributed by atoms with E-state index in [-0.39, 0.29) is 24.9 Å². The number of rotatable bonds is 6. The maximum Gasteiger partial charge on any atom is 0.149 e. The van der Waals surface area contributed by atoms with Crippen LogP contribution in [0, 0.1) is 11.6 Å². The molecule has 0 bridgehead atoms. The molecule has 0 aliphatic heterocycles. The summed E-state index contributed by atoms with van der Waals surface area (Å²) < 4.78 is 28.0. The van der Waals surface area contributed by atoms with Gasteiger partial charge in [0.05, 0.1) is 6.61 Å². The number of aliphatic hydroxyl groups excluding tert-OH is 1. The molecule has 2 N–H and O–H groups in total. The first-order chi connectivity index (χ1) is 8.67.